The minimum atomic E-state index is -0.540. The molecule has 10 heteroatoms. The van der Waals surface area contributed by atoms with Gasteiger partial charge in [0, 0.05) is 24.5 Å². The van der Waals surface area contributed by atoms with Crippen LogP contribution in [0.2, 0.25) is 5.02 Å². The topological polar surface area (TPSA) is 96.8 Å². The Labute approximate surface area is 172 Å². The molecule has 8 nitrogen and oxygen atoms in total. The van der Waals surface area contributed by atoms with Gasteiger partial charge in [-0.2, -0.15) is 5.10 Å². The van der Waals surface area contributed by atoms with Crippen LogP contribution in [0.4, 0.5) is 20.7 Å². The van der Waals surface area contributed by atoms with Crippen LogP contribution in [0.25, 0.3) is 5.82 Å². The third-order valence-electron chi connectivity index (χ3n) is 4.41. The van der Waals surface area contributed by atoms with Crippen molar-refractivity contribution < 1.29 is 9.18 Å². The normalized spacial score (nSPS) is 10.7. The zero-order valence-electron chi connectivity index (χ0n) is 16.3. The van der Waals surface area contributed by atoms with Crippen molar-refractivity contribution in [3.63, 3.8) is 0 Å². The number of nitrogens with one attached hydrogen (secondary N) is 3. The zero-order chi connectivity index (χ0) is 21.0. The lowest BCUT2D eigenvalue weighted by Gasteiger charge is -2.09. The summed E-state index contributed by atoms with van der Waals surface area (Å²) in [6.45, 7) is 6.76. The van der Waals surface area contributed by atoms with Crippen LogP contribution in [0.15, 0.2) is 30.3 Å². The summed E-state index contributed by atoms with van der Waals surface area (Å²) in [5, 5.41) is 21.1. The molecule has 29 heavy (non-hydrogen) atoms. The number of hydrogen-bond acceptors (Lipinski definition) is 5. The molecular formula is C19H21ClFN7O. The first kappa shape index (κ1) is 20.5. The highest BCUT2D eigenvalue weighted by molar-refractivity contribution is 6.31. The molecule has 0 unspecified atom stereocenters. The Morgan fingerprint density at radius 2 is 1.93 bits per heavy atom. The van der Waals surface area contributed by atoms with Crippen LogP contribution >= 0.6 is 11.6 Å². The number of halogens is 2. The molecule has 1 aromatic carbocycles. The monoisotopic (exact) mass is 417 g/mol. The Hall–Kier alpha value is -3.20. The number of amides is 2. The molecule has 2 heterocycles. The lowest BCUT2D eigenvalue weighted by atomic mass is 10.2. The second-order valence-electron chi connectivity index (χ2n) is 6.42. The summed E-state index contributed by atoms with van der Waals surface area (Å²) in [6.07, 6.45) is 0. The van der Waals surface area contributed by atoms with E-state index in [2.05, 4.69) is 31.2 Å². The SMILES string of the molecule is Cc1nn(-c2ccc(NCCNC(=O)Nc3ccc(F)c(Cl)c3)nn2)c(C)c1C. The highest BCUT2D eigenvalue weighted by Gasteiger charge is 2.10. The molecule has 0 aliphatic carbocycles. The van der Waals surface area contributed by atoms with Crippen molar-refractivity contribution in [3.8, 4) is 5.82 Å². The van der Waals surface area contributed by atoms with Crippen molar-refractivity contribution in [2.45, 2.75) is 20.8 Å². The van der Waals surface area contributed by atoms with E-state index in [1.165, 1.54) is 18.2 Å². The van der Waals surface area contributed by atoms with Gasteiger partial charge < -0.3 is 16.0 Å². The number of hydrogen-bond donors (Lipinski definition) is 3. The van der Waals surface area contributed by atoms with Crippen molar-refractivity contribution in [1.29, 1.82) is 0 Å². The smallest absolute Gasteiger partial charge is 0.319 e. The Balaban J connectivity index is 1.46. The van der Waals surface area contributed by atoms with Gasteiger partial charge in [0.1, 0.15) is 11.6 Å². The number of anilines is 2. The third-order valence-corrected chi connectivity index (χ3v) is 4.70. The minimum absolute atomic E-state index is 0.0536. The lowest BCUT2D eigenvalue weighted by molar-refractivity contribution is 0.252. The Morgan fingerprint density at radius 1 is 1.14 bits per heavy atom. The standard InChI is InChI=1S/C19H21ClFN7O/c1-11-12(2)27-28(13(11)3)18-7-6-17(25-26-18)22-8-9-23-19(29)24-14-4-5-16(21)15(20)10-14/h4-7,10H,8-9H2,1-3H3,(H,22,25)(H2,23,24,29). The third kappa shape index (κ3) is 5.00. The van der Waals surface area contributed by atoms with Gasteiger partial charge in [-0.25, -0.2) is 13.9 Å². The van der Waals surface area contributed by atoms with E-state index >= 15 is 0 Å². The molecule has 0 aliphatic rings. The Morgan fingerprint density at radius 3 is 2.55 bits per heavy atom. The minimum Gasteiger partial charge on any atom is -0.367 e. The van der Waals surface area contributed by atoms with Gasteiger partial charge in [0.25, 0.3) is 0 Å². The van der Waals surface area contributed by atoms with E-state index in [1.54, 1.807) is 10.7 Å². The number of urea groups is 1. The number of aryl methyl sites for hydroxylation is 1. The van der Waals surface area contributed by atoms with Crippen LogP contribution in [0, 0.1) is 26.6 Å². The van der Waals surface area contributed by atoms with E-state index in [4.69, 9.17) is 11.6 Å². The fourth-order valence-electron chi connectivity index (χ4n) is 2.59. The largest absolute Gasteiger partial charge is 0.367 e. The first-order chi connectivity index (χ1) is 13.8. The lowest BCUT2D eigenvalue weighted by Crippen LogP contribution is -2.32. The van der Waals surface area contributed by atoms with Crippen LogP contribution in [-0.2, 0) is 0 Å². The van der Waals surface area contributed by atoms with Gasteiger partial charge in [0.15, 0.2) is 5.82 Å². The van der Waals surface area contributed by atoms with E-state index in [9.17, 15) is 9.18 Å². The van der Waals surface area contributed by atoms with Crippen molar-refractivity contribution in [3.05, 3.63) is 58.1 Å². The molecule has 0 fully saturated rings. The molecular weight excluding hydrogens is 397 g/mol. The predicted octanol–water partition coefficient (Wildman–Crippen LogP) is 3.61. The molecule has 0 spiro atoms. The molecule has 0 saturated carbocycles. The molecule has 3 rings (SSSR count). The van der Waals surface area contributed by atoms with E-state index < -0.39 is 11.8 Å². The van der Waals surface area contributed by atoms with Crippen molar-refractivity contribution in [1.82, 2.24) is 25.3 Å². The summed E-state index contributed by atoms with van der Waals surface area (Å²) >= 11 is 5.68. The molecule has 152 valence electrons. The van der Waals surface area contributed by atoms with E-state index in [-0.39, 0.29) is 5.02 Å². The number of benzene rings is 1. The summed E-state index contributed by atoms with van der Waals surface area (Å²) in [7, 11) is 0. The van der Waals surface area contributed by atoms with Crippen LogP contribution in [0.1, 0.15) is 17.0 Å². The first-order valence-electron chi connectivity index (χ1n) is 8.96. The summed E-state index contributed by atoms with van der Waals surface area (Å²) in [5.74, 6) is 0.682. The molecule has 2 aromatic heterocycles. The quantitative estimate of drug-likeness (QED) is 0.532. The van der Waals surface area contributed by atoms with Crippen molar-refractivity contribution >= 4 is 29.1 Å². The molecule has 3 N–H and O–H groups in total. The average molecular weight is 418 g/mol. The predicted molar refractivity (Wildman–Crippen MR) is 110 cm³/mol. The highest BCUT2D eigenvalue weighted by atomic mass is 35.5. The van der Waals surface area contributed by atoms with Gasteiger partial charge in [-0.15, -0.1) is 10.2 Å². The van der Waals surface area contributed by atoms with Gasteiger partial charge in [-0.3, -0.25) is 0 Å². The molecule has 0 radical (unpaired) electrons. The maximum atomic E-state index is 13.1. The van der Waals surface area contributed by atoms with Gasteiger partial charge in [-0.1, -0.05) is 11.6 Å². The molecule has 3 aromatic rings. The van der Waals surface area contributed by atoms with Gasteiger partial charge >= 0.3 is 6.03 Å². The van der Waals surface area contributed by atoms with Gasteiger partial charge in [0.05, 0.1) is 10.7 Å². The summed E-state index contributed by atoms with van der Waals surface area (Å²) < 4.78 is 14.9. The van der Waals surface area contributed by atoms with E-state index in [0.717, 1.165) is 17.0 Å². The van der Waals surface area contributed by atoms with Gasteiger partial charge in [-0.05, 0) is 56.7 Å². The molecule has 0 atom stereocenters. The molecule has 0 saturated heterocycles. The van der Waals surface area contributed by atoms with Crippen LogP contribution < -0.4 is 16.0 Å². The maximum Gasteiger partial charge on any atom is 0.319 e. The first-order valence-corrected chi connectivity index (χ1v) is 9.33. The maximum absolute atomic E-state index is 13.1. The Kier molecular flexibility index (Phi) is 6.28. The fourth-order valence-corrected chi connectivity index (χ4v) is 2.77. The number of carbonyl (C=O) groups is 1. The van der Waals surface area contributed by atoms with Crippen LogP contribution in [0.3, 0.4) is 0 Å². The number of aromatic nitrogens is 4. The van der Waals surface area contributed by atoms with E-state index in [1.807, 2.05) is 26.8 Å². The van der Waals surface area contributed by atoms with Gasteiger partial charge in [0.2, 0.25) is 0 Å². The number of carbonyl (C=O) groups excluding carboxylic acids is 1. The summed E-state index contributed by atoms with van der Waals surface area (Å²) in [6, 6.07) is 7.17. The van der Waals surface area contributed by atoms with Crippen molar-refractivity contribution in [2.75, 3.05) is 23.7 Å². The summed E-state index contributed by atoms with van der Waals surface area (Å²) in [5.41, 5.74) is 3.51. The number of nitrogens with zero attached hydrogens (tertiary/aromatic N) is 4. The molecule has 0 bridgehead atoms. The second-order valence-corrected chi connectivity index (χ2v) is 6.83. The van der Waals surface area contributed by atoms with Crippen LogP contribution in [0.5, 0.6) is 0 Å². The van der Waals surface area contributed by atoms with E-state index in [0.29, 0.717) is 30.4 Å². The van der Waals surface area contributed by atoms with Crippen LogP contribution in [-0.4, -0.2) is 39.1 Å². The number of rotatable bonds is 6. The highest BCUT2D eigenvalue weighted by Crippen LogP contribution is 2.19. The van der Waals surface area contributed by atoms with Crippen molar-refractivity contribution in [2.24, 2.45) is 0 Å². The Bertz CT molecular complexity index is 1020. The fraction of sp³-hybridized carbons (Fsp3) is 0.263. The zero-order valence-corrected chi connectivity index (χ0v) is 17.0. The molecule has 0 aliphatic heterocycles. The average Bonchev–Trinajstić information content (AvgIpc) is 2.96. The molecule has 2 amide bonds. The second kappa shape index (κ2) is 8.87. The summed E-state index contributed by atoms with van der Waals surface area (Å²) in [4.78, 5) is 11.9.